The van der Waals surface area contributed by atoms with Crippen LogP contribution in [0.15, 0.2) is 22.7 Å². The molecular formula is C15H17N3O2. The molecule has 1 fully saturated rings. The number of amides is 1. The van der Waals surface area contributed by atoms with Crippen LogP contribution in [0.5, 0.6) is 0 Å². The van der Waals surface area contributed by atoms with Gasteiger partial charge < -0.3 is 9.42 Å². The second kappa shape index (κ2) is 4.74. The minimum Gasteiger partial charge on any atom is -0.339 e. The van der Waals surface area contributed by atoms with Crippen LogP contribution in [0.1, 0.15) is 35.2 Å². The molecule has 1 aliphatic heterocycles. The van der Waals surface area contributed by atoms with E-state index in [0.29, 0.717) is 24.7 Å². The summed E-state index contributed by atoms with van der Waals surface area (Å²) in [4.78, 5) is 18.3. The maximum atomic E-state index is 12.3. The molecule has 20 heavy (non-hydrogen) atoms. The Bertz CT molecular complexity index is 663. The van der Waals surface area contributed by atoms with Gasteiger partial charge in [0.15, 0.2) is 5.82 Å². The first-order chi connectivity index (χ1) is 9.54. The van der Waals surface area contributed by atoms with Gasteiger partial charge in [0.2, 0.25) is 11.8 Å². The maximum Gasteiger partial charge on any atom is 0.232 e. The molecule has 2 aromatic rings. The third kappa shape index (κ3) is 2.19. The monoisotopic (exact) mass is 271 g/mol. The van der Waals surface area contributed by atoms with Crippen molar-refractivity contribution in [2.45, 2.75) is 33.1 Å². The molecule has 0 spiro atoms. The highest BCUT2D eigenvalue weighted by atomic mass is 16.5. The number of anilines is 1. The summed E-state index contributed by atoms with van der Waals surface area (Å²) < 4.78 is 5.19. The first-order valence-electron chi connectivity index (χ1n) is 6.72. The van der Waals surface area contributed by atoms with E-state index in [4.69, 9.17) is 4.52 Å². The number of carbonyl (C=O) groups excluding carboxylic acids is 1. The Balaban J connectivity index is 1.89. The van der Waals surface area contributed by atoms with Gasteiger partial charge in [-0.1, -0.05) is 17.3 Å². The van der Waals surface area contributed by atoms with Crippen LogP contribution in [0.4, 0.5) is 5.69 Å². The summed E-state index contributed by atoms with van der Waals surface area (Å²) in [5.74, 6) is 1.27. The van der Waals surface area contributed by atoms with Gasteiger partial charge in [0, 0.05) is 18.7 Å². The Labute approximate surface area is 117 Å². The lowest BCUT2D eigenvalue weighted by atomic mass is 10.1. The van der Waals surface area contributed by atoms with Crippen LogP contribution in [0.25, 0.3) is 0 Å². The average molecular weight is 271 g/mol. The lowest BCUT2D eigenvalue weighted by Gasteiger charge is -2.19. The molecule has 0 N–H and O–H groups in total. The molecule has 0 aliphatic carbocycles. The summed E-state index contributed by atoms with van der Waals surface area (Å²) in [6, 6.07) is 6.15. The van der Waals surface area contributed by atoms with Crippen LogP contribution < -0.4 is 4.90 Å². The van der Waals surface area contributed by atoms with Crippen LogP contribution in [0, 0.1) is 20.8 Å². The Kier molecular flexibility index (Phi) is 3.04. The van der Waals surface area contributed by atoms with Crippen molar-refractivity contribution in [1.29, 1.82) is 0 Å². The molecule has 5 heteroatoms. The highest BCUT2D eigenvalue weighted by Gasteiger charge is 2.35. The maximum absolute atomic E-state index is 12.3. The third-order valence-corrected chi connectivity index (χ3v) is 3.67. The van der Waals surface area contributed by atoms with E-state index in [0.717, 1.165) is 16.8 Å². The molecular weight excluding hydrogens is 254 g/mol. The van der Waals surface area contributed by atoms with Crippen LogP contribution in [-0.4, -0.2) is 22.6 Å². The second-order valence-electron chi connectivity index (χ2n) is 5.38. The van der Waals surface area contributed by atoms with Gasteiger partial charge in [-0.3, -0.25) is 4.79 Å². The van der Waals surface area contributed by atoms with Crippen LogP contribution in [0.3, 0.4) is 0 Å². The SMILES string of the molecule is Cc1ccc(C)c(N2C[C@@H](c3nc(C)no3)CC2=O)c1. The van der Waals surface area contributed by atoms with Gasteiger partial charge in [-0.05, 0) is 38.0 Å². The molecule has 1 aliphatic rings. The molecule has 0 saturated carbocycles. The van der Waals surface area contributed by atoms with Gasteiger partial charge in [-0.15, -0.1) is 0 Å². The number of aryl methyl sites for hydroxylation is 3. The van der Waals surface area contributed by atoms with Crippen molar-refractivity contribution in [3.8, 4) is 0 Å². The quantitative estimate of drug-likeness (QED) is 0.842. The fourth-order valence-corrected chi connectivity index (χ4v) is 2.59. The van der Waals surface area contributed by atoms with Crippen LogP contribution in [-0.2, 0) is 4.79 Å². The fourth-order valence-electron chi connectivity index (χ4n) is 2.59. The Morgan fingerprint density at radius 1 is 1.30 bits per heavy atom. The minimum atomic E-state index is -0.0105. The predicted molar refractivity (Wildman–Crippen MR) is 74.7 cm³/mol. The van der Waals surface area contributed by atoms with Crippen molar-refractivity contribution in [2.75, 3.05) is 11.4 Å². The highest BCUT2D eigenvalue weighted by Crippen LogP contribution is 2.33. The van der Waals surface area contributed by atoms with Crippen molar-refractivity contribution < 1.29 is 9.32 Å². The van der Waals surface area contributed by atoms with Crippen LogP contribution >= 0.6 is 0 Å². The number of aromatic nitrogens is 2. The molecule has 0 unspecified atom stereocenters. The number of benzene rings is 1. The van der Waals surface area contributed by atoms with E-state index in [1.807, 2.05) is 24.8 Å². The van der Waals surface area contributed by atoms with Gasteiger partial charge in [-0.2, -0.15) is 4.98 Å². The number of hydrogen-bond acceptors (Lipinski definition) is 4. The van der Waals surface area contributed by atoms with Crippen molar-refractivity contribution in [3.05, 3.63) is 41.0 Å². The molecule has 0 radical (unpaired) electrons. The molecule has 3 rings (SSSR count). The predicted octanol–water partition coefficient (Wildman–Crippen LogP) is 2.52. The Hall–Kier alpha value is -2.17. The van der Waals surface area contributed by atoms with Crippen molar-refractivity contribution >= 4 is 11.6 Å². The molecule has 2 heterocycles. The summed E-state index contributed by atoms with van der Waals surface area (Å²) in [7, 11) is 0. The molecule has 0 bridgehead atoms. The van der Waals surface area contributed by atoms with Gasteiger partial charge >= 0.3 is 0 Å². The lowest BCUT2D eigenvalue weighted by molar-refractivity contribution is -0.117. The summed E-state index contributed by atoms with van der Waals surface area (Å²) in [6.45, 7) is 6.44. The number of nitrogens with zero attached hydrogens (tertiary/aromatic N) is 3. The van der Waals surface area contributed by atoms with Crippen molar-refractivity contribution in [1.82, 2.24) is 10.1 Å². The summed E-state index contributed by atoms with van der Waals surface area (Å²) in [6.07, 6.45) is 0.426. The number of hydrogen-bond donors (Lipinski definition) is 0. The molecule has 1 aromatic carbocycles. The van der Waals surface area contributed by atoms with Gasteiger partial charge in [0.05, 0.1) is 5.92 Å². The van der Waals surface area contributed by atoms with E-state index in [1.54, 1.807) is 6.92 Å². The molecule has 5 nitrogen and oxygen atoms in total. The van der Waals surface area contributed by atoms with Gasteiger partial charge in [0.1, 0.15) is 0 Å². The molecule has 1 atom stereocenters. The molecule has 1 amide bonds. The highest BCUT2D eigenvalue weighted by molar-refractivity contribution is 5.97. The normalized spacial score (nSPS) is 18.9. The topological polar surface area (TPSA) is 59.2 Å². The number of carbonyl (C=O) groups is 1. The lowest BCUT2D eigenvalue weighted by Crippen LogP contribution is -2.25. The second-order valence-corrected chi connectivity index (χ2v) is 5.38. The van der Waals surface area contributed by atoms with Crippen molar-refractivity contribution in [3.63, 3.8) is 0 Å². The minimum absolute atomic E-state index is 0.0105. The first kappa shape index (κ1) is 12.8. The zero-order valence-corrected chi connectivity index (χ0v) is 11.9. The van der Waals surface area contributed by atoms with E-state index >= 15 is 0 Å². The molecule has 1 aromatic heterocycles. The third-order valence-electron chi connectivity index (χ3n) is 3.67. The van der Waals surface area contributed by atoms with Crippen LogP contribution in [0.2, 0.25) is 0 Å². The summed E-state index contributed by atoms with van der Waals surface area (Å²) in [5.41, 5.74) is 3.23. The zero-order chi connectivity index (χ0) is 14.3. The van der Waals surface area contributed by atoms with Gasteiger partial charge in [0.25, 0.3) is 0 Å². The molecule has 104 valence electrons. The zero-order valence-electron chi connectivity index (χ0n) is 11.9. The fraction of sp³-hybridized carbons (Fsp3) is 0.400. The van der Waals surface area contributed by atoms with E-state index < -0.39 is 0 Å². The summed E-state index contributed by atoms with van der Waals surface area (Å²) >= 11 is 0. The largest absolute Gasteiger partial charge is 0.339 e. The van der Waals surface area contributed by atoms with E-state index in [9.17, 15) is 4.79 Å². The number of rotatable bonds is 2. The van der Waals surface area contributed by atoms with Gasteiger partial charge in [-0.25, -0.2) is 0 Å². The summed E-state index contributed by atoms with van der Waals surface area (Å²) in [5, 5.41) is 3.80. The van der Waals surface area contributed by atoms with Crippen molar-refractivity contribution in [2.24, 2.45) is 0 Å². The Morgan fingerprint density at radius 2 is 2.10 bits per heavy atom. The van der Waals surface area contributed by atoms with E-state index in [1.165, 1.54) is 0 Å². The standard InChI is InChI=1S/C15H17N3O2/c1-9-4-5-10(2)13(6-9)18-8-12(7-14(18)19)15-16-11(3)17-20-15/h4-6,12H,7-8H2,1-3H3/t12-/m0/s1. The molecule has 1 saturated heterocycles. The average Bonchev–Trinajstić information content (AvgIpc) is 2.99. The first-order valence-corrected chi connectivity index (χ1v) is 6.72. The van der Waals surface area contributed by atoms with E-state index in [2.05, 4.69) is 22.3 Å². The Morgan fingerprint density at radius 3 is 2.80 bits per heavy atom. The van der Waals surface area contributed by atoms with E-state index in [-0.39, 0.29) is 11.8 Å². The smallest absolute Gasteiger partial charge is 0.232 e.